The molecule has 4 heteroatoms. The number of benzene rings is 2. The Labute approximate surface area is 125 Å². The Bertz CT molecular complexity index is 640. The van der Waals surface area contributed by atoms with Crippen molar-refractivity contribution in [1.29, 1.82) is 0 Å². The third-order valence-corrected chi connectivity index (χ3v) is 3.69. The van der Waals surface area contributed by atoms with Gasteiger partial charge in [-0.15, -0.1) is 0 Å². The lowest BCUT2D eigenvalue weighted by Gasteiger charge is -2.28. The van der Waals surface area contributed by atoms with E-state index in [9.17, 15) is 4.79 Å². The molecule has 0 radical (unpaired) electrons. The lowest BCUT2D eigenvalue weighted by molar-refractivity contribution is 0.0580. The maximum atomic E-state index is 12.7. The number of nitrogen functional groups attached to an aromatic ring is 1. The highest BCUT2D eigenvalue weighted by Gasteiger charge is 2.22. The van der Waals surface area contributed by atoms with E-state index in [-0.39, 0.29) is 11.9 Å². The van der Waals surface area contributed by atoms with Gasteiger partial charge in [0.25, 0.3) is 5.91 Å². The molecule has 112 valence electrons. The van der Waals surface area contributed by atoms with Crippen LogP contribution in [0.5, 0.6) is 0 Å². The molecule has 1 amide bonds. The zero-order valence-corrected chi connectivity index (χ0v) is 12.8. The van der Waals surface area contributed by atoms with Crippen LogP contribution in [0.4, 0.5) is 5.69 Å². The smallest absolute Gasteiger partial charge is 0.256 e. The molecule has 1 atom stereocenters. The molecule has 21 heavy (non-hydrogen) atoms. The van der Waals surface area contributed by atoms with Gasteiger partial charge in [-0.25, -0.2) is 0 Å². The van der Waals surface area contributed by atoms with Crippen LogP contribution in [-0.4, -0.2) is 37.1 Å². The number of rotatable bonds is 5. The van der Waals surface area contributed by atoms with Crippen LogP contribution < -0.4 is 5.73 Å². The fourth-order valence-corrected chi connectivity index (χ4v) is 2.58. The van der Waals surface area contributed by atoms with Gasteiger partial charge in [-0.1, -0.05) is 24.3 Å². The second-order valence-electron chi connectivity index (χ2n) is 5.18. The Kier molecular flexibility index (Phi) is 4.81. The van der Waals surface area contributed by atoms with Gasteiger partial charge in [0.15, 0.2) is 0 Å². The Morgan fingerprint density at radius 1 is 1.29 bits per heavy atom. The van der Waals surface area contributed by atoms with Crippen LogP contribution in [0.25, 0.3) is 10.8 Å². The van der Waals surface area contributed by atoms with Crippen LogP contribution >= 0.6 is 0 Å². The van der Waals surface area contributed by atoms with Crippen LogP contribution in [-0.2, 0) is 4.74 Å². The van der Waals surface area contributed by atoms with E-state index in [0.29, 0.717) is 24.4 Å². The van der Waals surface area contributed by atoms with E-state index in [1.165, 1.54) is 0 Å². The summed E-state index contributed by atoms with van der Waals surface area (Å²) < 4.78 is 5.15. The number of likely N-dealkylation sites (N-methyl/N-ethyl adjacent to an activating group) is 1. The predicted octanol–water partition coefficient (Wildman–Crippen LogP) is 2.92. The van der Waals surface area contributed by atoms with E-state index in [2.05, 4.69) is 0 Å². The Morgan fingerprint density at radius 2 is 1.90 bits per heavy atom. The number of ether oxygens (including phenoxy) is 1. The number of amides is 1. The molecule has 0 saturated carbocycles. The van der Waals surface area contributed by atoms with E-state index in [1.807, 2.05) is 50.2 Å². The highest BCUT2D eigenvalue weighted by molar-refractivity contribution is 6.04. The SMILES string of the molecule is CCN(C(=O)c1cc2ccccc2cc1N)C(C)COC. The van der Waals surface area contributed by atoms with Crippen LogP contribution in [0.15, 0.2) is 36.4 Å². The van der Waals surface area contributed by atoms with E-state index < -0.39 is 0 Å². The summed E-state index contributed by atoms with van der Waals surface area (Å²) in [6, 6.07) is 11.6. The van der Waals surface area contributed by atoms with Gasteiger partial charge in [0.1, 0.15) is 0 Å². The predicted molar refractivity (Wildman–Crippen MR) is 86.4 cm³/mol. The fourth-order valence-electron chi connectivity index (χ4n) is 2.58. The first-order chi connectivity index (χ1) is 10.1. The van der Waals surface area contributed by atoms with Gasteiger partial charge in [-0.2, -0.15) is 0 Å². The number of carbonyl (C=O) groups is 1. The topological polar surface area (TPSA) is 55.6 Å². The highest BCUT2D eigenvalue weighted by Crippen LogP contribution is 2.23. The van der Waals surface area contributed by atoms with Crippen LogP contribution in [0.3, 0.4) is 0 Å². The Morgan fingerprint density at radius 3 is 2.48 bits per heavy atom. The molecule has 0 fully saturated rings. The number of nitrogens with zero attached hydrogens (tertiary/aromatic N) is 1. The molecule has 0 aromatic heterocycles. The maximum absolute atomic E-state index is 12.7. The minimum atomic E-state index is -0.0506. The number of anilines is 1. The van der Waals surface area contributed by atoms with Crippen LogP contribution in [0.1, 0.15) is 24.2 Å². The molecule has 4 nitrogen and oxygen atoms in total. The van der Waals surface area contributed by atoms with Crippen molar-refractivity contribution in [3.8, 4) is 0 Å². The maximum Gasteiger partial charge on any atom is 0.256 e. The molecule has 1 unspecified atom stereocenters. The monoisotopic (exact) mass is 286 g/mol. The Balaban J connectivity index is 2.39. The van der Waals surface area contributed by atoms with Crippen molar-refractivity contribution < 1.29 is 9.53 Å². The normalized spacial score (nSPS) is 12.3. The van der Waals surface area contributed by atoms with Crippen molar-refractivity contribution >= 4 is 22.4 Å². The number of hydrogen-bond donors (Lipinski definition) is 1. The van der Waals surface area contributed by atoms with Gasteiger partial charge in [-0.05, 0) is 36.8 Å². The van der Waals surface area contributed by atoms with E-state index in [4.69, 9.17) is 10.5 Å². The van der Waals surface area contributed by atoms with Gasteiger partial charge >= 0.3 is 0 Å². The number of carbonyl (C=O) groups excluding carboxylic acids is 1. The first-order valence-corrected chi connectivity index (χ1v) is 7.16. The molecular formula is C17H22N2O2. The first-order valence-electron chi connectivity index (χ1n) is 7.16. The summed E-state index contributed by atoms with van der Waals surface area (Å²) in [6.45, 7) is 5.06. The summed E-state index contributed by atoms with van der Waals surface area (Å²) in [4.78, 5) is 14.5. The average molecular weight is 286 g/mol. The largest absolute Gasteiger partial charge is 0.398 e. The lowest BCUT2D eigenvalue weighted by atomic mass is 10.0. The average Bonchev–Trinajstić information content (AvgIpc) is 2.47. The summed E-state index contributed by atoms with van der Waals surface area (Å²) in [6.07, 6.45) is 0. The number of methoxy groups -OCH3 is 1. The molecule has 0 saturated heterocycles. The number of fused-ring (bicyclic) bond motifs is 1. The third-order valence-electron chi connectivity index (χ3n) is 3.69. The van der Waals surface area contributed by atoms with Gasteiger partial charge < -0.3 is 15.4 Å². The Hall–Kier alpha value is -2.07. The minimum absolute atomic E-state index is 0.0124. The molecular weight excluding hydrogens is 264 g/mol. The highest BCUT2D eigenvalue weighted by atomic mass is 16.5. The van der Waals surface area contributed by atoms with Gasteiger partial charge in [-0.3, -0.25) is 4.79 Å². The summed E-state index contributed by atoms with van der Waals surface area (Å²) in [5.41, 5.74) is 7.15. The van der Waals surface area contributed by atoms with E-state index >= 15 is 0 Å². The molecule has 0 bridgehead atoms. The van der Waals surface area contributed by atoms with Crippen molar-refractivity contribution in [1.82, 2.24) is 4.90 Å². The van der Waals surface area contributed by atoms with Gasteiger partial charge in [0.05, 0.1) is 18.2 Å². The first kappa shape index (κ1) is 15.3. The molecule has 0 aliphatic heterocycles. The lowest BCUT2D eigenvalue weighted by Crippen LogP contribution is -2.41. The van der Waals surface area contributed by atoms with Crippen LogP contribution in [0.2, 0.25) is 0 Å². The second-order valence-corrected chi connectivity index (χ2v) is 5.18. The summed E-state index contributed by atoms with van der Waals surface area (Å²) in [7, 11) is 1.64. The van der Waals surface area contributed by atoms with Crippen molar-refractivity contribution in [3.63, 3.8) is 0 Å². The second kappa shape index (κ2) is 6.59. The van der Waals surface area contributed by atoms with Crippen molar-refractivity contribution in [2.75, 3.05) is 26.0 Å². The zero-order valence-electron chi connectivity index (χ0n) is 12.8. The molecule has 2 aromatic rings. The summed E-state index contributed by atoms with van der Waals surface area (Å²) in [5, 5.41) is 2.06. The summed E-state index contributed by atoms with van der Waals surface area (Å²) in [5.74, 6) is -0.0506. The van der Waals surface area contributed by atoms with Crippen LogP contribution in [0, 0.1) is 0 Å². The molecule has 0 spiro atoms. The molecule has 2 rings (SSSR count). The minimum Gasteiger partial charge on any atom is -0.398 e. The molecule has 0 heterocycles. The zero-order chi connectivity index (χ0) is 15.4. The summed E-state index contributed by atoms with van der Waals surface area (Å²) >= 11 is 0. The van der Waals surface area contributed by atoms with Gasteiger partial charge in [0.2, 0.25) is 0 Å². The van der Waals surface area contributed by atoms with Crippen molar-refractivity contribution in [2.24, 2.45) is 0 Å². The fraction of sp³-hybridized carbons (Fsp3) is 0.353. The number of nitrogens with two attached hydrogens (primary N) is 1. The standard InChI is InChI=1S/C17H22N2O2/c1-4-19(12(2)11-21-3)17(20)15-9-13-7-5-6-8-14(13)10-16(15)18/h5-10,12H,4,11,18H2,1-3H3. The van der Waals surface area contributed by atoms with E-state index in [1.54, 1.807) is 12.0 Å². The molecule has 0 aliphatic rings. The third kappa shape index (κ3) is 3.16. The molecule has 2 aromatic carbocycles. The number of hydrogen-bond acceptors (Lipinski definition) is 3. The van der Waals surface area contributed by atoms with Crippen molar-refractivity contribution in [3.05, 3.63) is 42.0 Å². The van der Waals surface area contributed by atoms with Crippen molar-refractivity contribution in [2.45, 2.75) is 19.9 Å². The quantitative estimate of drug-likeness (QED) is 0.860. The van der Waals surface area contributed by atoms with E-state index in [0.717, 1.165) is 10.8 Å². The van der Waals surface area contributed by atoms with Gasteiger partial charge in [0, 0.05) is 19.3 Å². The molecule has 2 N–H and O–H groups in total. The molecule has 0 aliphatic carbocycles.